The van der Waals surface area contributed by atoms with Crippen LogP contribution < -0.4 is 11.1 Å². The van der Waals surface area contributed by atoms with E-state index in [1.807, 2.05) is 0 Å². The fraction of sp³-hybridized carbons (Fsp3) is 0.545. The smallest absolute Gasteiger partial charge is 0.311 e. The Balaban J connectivity index is 2.67. The number of nitrogen functional groups attached to an aromatic ring is 1. The molecule has 1 aromatic rings. The normalized spacial score (nSPS) is 12.1. The number of hydrogen-bond donors (Lipinski definition) is 2. The van der Waals surface area contributed by atoms with Crippen LogP contribution in [-0.2, 0) is 0 Å². The van der Waals surface area contributed by atoms with E-state index in [9.17, 15) is 10.1 Å². The monoisotopic (exact) mass is 238 g/mol. The first kappa shape index (κ1) is 13.2. The third kappa shape index (κ3) is 3.90. The van der Waals surface area contributed by atoms with E-state index in [0.29, 0.717) is 5.82 Å². The Hall–Kier alpha value is -1.85. The molecule has 0 aliphatic carbocycles. The topological polar surface area (TPSA) is 94.1 Å². The van der Waals surface area contributed by atoms with Crippen LogP contribution in [0.2, 0.25) is 0 Å². The summed E-state index contributed by atoms with van der Waals surface area (Å²) in [5.74, 6) is 0.527. The predicted octanol–water partition coefficient (Wildman–Crippen LogP) is 2.56. The summed E-state index contributed by atoms with van der Waals surface area (Å²) in [6.45, 7) is 4.18. The summed E-state index contributed by atoms with van der Waals surface area (Å²) in [6, 6.07) is 3.23. The van der Waals surface area contributed by atoms with Crippen molar-refractivity contribution >= 4 is 17.3 Å². The molecule has 0 aliphatic heterocycles. The SMILES string of the molecule is CCCCC(C)Nc1ccc([N+](=O)[O-])c(N)n1. The first-order valence-electron chi connectivity index (χ1n) is 5.72. The van der Waals surface area contributed by atoms with E-state index >= 15 is 0 Å². The molecule has 0 radical (unpaired) electrons. The molecule has 0 saturated carbocycles. The first-order chi connectivity index (χ1) is 8.04. The lowest BCUT2D eigenvalue weighted by Gasteiger charge is -2.13. The van der Waals surface area contributed by atoms with Gasteiger partial charge in [-0.2, -0.15) is 0 Å². The van der Waals surface area contributed by atoms with Gasteiger partial charge in [0.25, 0.3) is 0 Å². The third-order valence-corrected chi connectivity index (χ3v) is 2.48. The molecule has 0 aromatic carbocycles. The number of rotatable bonds is 6. The Kier molecular flexibility index (Phi) is 4.68. The Labute approximate surface area is 100 Å². The fourth-order valence-electron chi connectivity index (χ4n) is 1.54. The summed E-state index contributed by atoms with van der Waals surface area (Å²) in [4.78, 5) is 14.0. The first-order valence-corrected chi connectivity index (χ1v) is 5.72. The number of aromatic nitrogens is 1. The van der Waals surface area contributed by atoms with Crippen molar-refractivity contribution in [1.82, 2.24) is 4.98 Å². The number of nitro groups is 1. The largest absolute Gasteiger partial charge is 0.378 e. The average molecular weight is 238 g/mol. The number of nitrogens with one attached hydrogen (secondary N) is 1. The molecular weight excluding hydrogens is 220 g/mol. The van der Waals surface area contributed by atoms with Gasteiger partial charge in [0.05, 0.1) is 4.92 Å². The van der Waals surface area contributed by atoms with Crippen molar-refractivity contribution in [2.75, 3.05) is 11.1 Å². The lowest BCUT2D eigenvalue weighted by molar-refractivity contribution is -0.384. The van der Waals surface area contributed by atoms with Gasteiger partial charge in [-0.3, -0.25) is 10.1 Å². The minimum Gasteiger partial charge on any atom is -0.378 e. The van der Waals surface area contributed by atoms with Crippen molar-refractivity contribution in [3.05, 3.63) is 22.2 Å². The van der Waals surface area contributed by atoms with Gasteiger partial charge in [-0.1, -0.05) is 19.8 Å². The molecule has 0 aliphatic rings. The van der Waals surface area contributed by atoms with Crippen LogP contribution >= 0.6 is 0 Å². The number of nitrogens with zero attached hydrogens (tertiary/aromatic N) is 2. The van der Waals surface area contributed by atoms with Crippen molar-refractivity contribution in [1.29, 1.82) is 0 Å². The molecular formula is C11H18N4O2. The molecule has 6 heteroatoms. The summed E-state index contributed by atoms with van der Waals surface area (Å²) in [6.07, 6.45) is 3.31. The van der Waals surface area contributed by atoms with Crippen LogP contribution in [0.25, 0.3) is 0 Å². The Morgan fingerprint density at radius 2 is 2.29 bits per heavy atom. The molecule has 0 fully saturated rings. The zero-order chi connectivity index (χ0) is 12.8. The highest BCUT2D eigenvalue weighted by Crippen LogP contribution is 2.21. The minimum atomic E-state index is -0.535. The molecule has 94 valence electrons. The molecule has 0 spiro atoms. The summed E-state index contributed by atoms with van der Waals surface area (Å²) < 4.78 is 0. The van der Waals surface area contributed by atoms with Gasteiger partial charge in [0.2, 0.25) is 5.82 Å². The Morgan fingerprint density at radius 1 is 1.59 bits per heavy atom. The maximum atomic E-state index is 10.6. The predicted molar refractivity (Wildman–Crippen MR) is 67.9 cm³/mol. The maximum absolute atomic E-state index is 10.6. The number of unbranched alkanes of at least 4 members (excludes halogenated alkanes) is 1. The number of pyridine rings is 1. The summed E-state index contributed by atoms with van der Waals surface area (Å²) >= 11 is 0. The van der Waals surface area contributed by atoms with E-state index in [4.69, 9.17) is 5.73 Å². The van der Waals surface area contributed by atoms with Gasteiger partial charge < -0.3 is 11.1 Å². The molecule has 0 amide bonds. The minimum absolute atomic E-state index is 0.0531. The second-order valence-corrected chi connectivity index (χ2v) is 4.05. The molecule has 1 atom stereocenters. The second-order valence-electron chi connectivity index (χ2n) is 4.05. The molecule has 1 rings (SSSR count). The number of nitrogens with two attached hydrogens (primary N) is 1. The van der Waals surface area contributed by atoms with Gasteiger partial charge >= 0.3 is 5.69 Å². The van der Waals surface area contributed by atoms with Crippen LogP contribution in [0, 0.1) is 10.1 Å². The number of hydrogen-bond acceptors (Lipinski definition) is 5. The number of anilines is 2. The third-order valence-electron chi connectivity index (χ3n) is 2.48. The van der Waals surface area contributed by atoms with E-state index in [1.54, 1.807) is 6.07 Å². The molecule has 0 bridgehead atoms. The van der Waals surface area contributed by atoms with Gasteiger partial charge in [0.1, 0.15) is 5.82 Å². The zero-order valence-corrected chi connectivity index (χ0v) is 10.1. The Bertz CT molecular complexity index is 395. The van der Waals surface area contributed by atoms with Gasteiger partial charge in [0.15, 0.2) is 0 Å². The van der Waals surface area contributed by atoms with Crippen LogP contribution in [0.1, 0.15) is 33.1 Å². The van der Waals surface area contributed by atoms with Crippen molar-refractivity contribution in [3.8, 4) is 0 Å². The molecule has 1 unspecified atom stereocenters. The quantitative estimate of drug-likeness (QED) is 0.586. The van der Waals surface area contributed by atoms with Gasteiger partial charge in [-0.15, -0.1) is 0 Å². The van der Waals surface area contributed by atoms with Crippen LogP contribution in [0.15, 0.2) is 12.1 Å². The molecule has 3 N–H and O–H groups in total. The van der Waals surface area contributed by atoms with E-state index in [1.165, 1.54) is 6.07 Å². The lowest BCUT2D eigenvalue weighted by atomic mass is 10.1. The van der Waals surface area contributed by atoms with Crippen molar-refractivity contribution in [2.24, 2.45) is 0 Å². The maximum Gasteiger partial charge on any atom is 0.311 e. The molecule has 1 aromatic heterocycles. The molecule has 1 heterocycles. The van der Waals surface area contributed by atoms with Crippen LogP contribution in [-0.4, -0.2) is 15.9 Å². The highest BCUT2D eigenvalue weighted by Gasteiger charge is 2.13. The molecule has 0 saturated heterocycles. The zero-order valence-electron chi connectivity index (χ0n) is 10.1. The van der Waals surface area contributed by atoms with E-state index < -0.39 is 4.92 Å². The van der Waals surface area contributed by atoms with Crippen LogP contribution in [0.4, 0.5) is 17.3 Å². The van der Waals surface area contributed by atoms with Crippen LogP contribution in [0.3, 0.4) is 0 Å². The van der Waals surface area contributed by atoms with Gasteiger partial charge in [-0.05, 0) is 19.4 Å². The van der Waals surface area contributed by atoms with Crippen molar-refractivity contribution in [2.45, 2.75) is 39.2 Å². The highest BCUT2D eigenvalue weighted by molar-refractivity contribution is 5.57. The van der Waals surface area contributed by atoms with Crippen LogP contribution in [0.5, 0.6) is 0 Å². The van der Waals surface area contributed by atoms with E-state index in [-0.39, 0.29) is 17.5 Å². The molecule has 6 nitrogen and oxygen atoms in total. The highest BCUT2D eigenvalue weighted by atomic mass is 16.6. The lowest BCUT2D eigenvalue weighted by Crippen LogP contribution is -2.16. The summed E-state index contributed by atoms with van der Waals surface area (Å²) in [5, 5.41) is 13.7. The standard InChI is InChI=1S/C11H18N4O2/c1-3-4-5-8(2)13-10-7-6-9(15(16)17)11(12)14-10/h6-8H,3-5H2,1-2H3,(H3,12,13,14). The van der Waals surface area contributed by atoms with E-state index in [0.717, 1.165) is 19.3 Å². The van der Waals surface area contributed by atoms with Gasteiger partial charge in [0, 0.05) is 12.1 Å². The van der Waals surface area contributed by atoms with Crippen molar-refractivity contribution < 1.29 is 4.92 Å². The second kappa shape index (κ2) is 6.03. The summed E-state index contributed by atoms with van der Waals surface area (Å²) in [5.41, 5.74) is 5.35. The van der Waals surface area contributed by atoms with E-state index in [2.05, 4.69) is 24.1 Å². The average Bonchev–Trinajstić information content (AvgIpc) is 2.26. The van der Waals surface area contributed by atoms with Crippen molar-refractivity contribution in [3.63, 3.8) is 0 Å². The Morgan fingerprint density at radius 3 is 2.82 bits per heavy atom. The summed E-state index contributed by atoms with van der Waals surface area (Å²) in [7, 11) is 0. The fourth-order valence-corrected chi connectivity index (χ4v) is 1.54. The van der Waals surface area contributed by atoms with Gasteiger partial charge in [-0.25, -0.2) is 4.98 Å². The molecule has 17 heavy (non-hydrogen) atoms.